The molecule has 0 saturated carbocycles. The molecule has 1 aromatic carbocycles. The molecule has 3 N–H and O–H groups in total. The molecular weight excluding hydrogens is 298 g/mol. The molecule has 9 heteroatoms. The van der Waals surface area contributed by atoms with Crippen molar-refractivity contribution >= 4 is 23.4 Å². The fourth-order valence-electron chi connectivity index (χ4n) is 2.57. The number of nitrogens with two attached hydrogens (primary N) is 1. The van der Waals surface area contributed by atoms with E-state index in [9.17, 15) is 18.4 Å². The number of carbonyl (C=O) groups excluding carboxylic acids is 2. The molecule has 118 valence electrons. The second-order valence-electron chi connectivity index (χ2n) is 5.05. The number of benzene rings is 1. The lowest BCUT2D eigenvalue weighted by molar-refractivity contribution is -0.118. The maximum atomic E-state index is 14.3. The molecule has 2 aliphatic rings. The molecule has 2 saturated heterocycles. The third kappa shape index (κ3) is 2.33. The summed E-state index contributed by atoms with van der Waals surface area (Å²) in [5, 5.41) is 2.47. The number of amides is 2. The highest BCUT2D eigenvalue weighted by Gasteiger charge is 2.35. The first-order chi connectivity index (χ1) is 10.5. The van der Waals surface area contributed by atoms with Crippen LogP contribution in [-0.4, -0.2) is 44.4 Å². The van der Waals surface area contributed by atoms with E-state index in [0.29, 0.717) is 0 Å². The zero-order chi connectivity index (χ0) is 15.9. The van der Waals surface area contributed by atoms with Crippen LogP contribution in [0, 0.1) is 11.6 Å². The molecule has 0 spiro atoms. The standard InChI is InChI=1S/C13H14F2N4O3/c14-9-1-7(19-8(3-16)5-22-13(19)21)2-10(15)12(9)18-4-11(20)17-6-18/h1-2,8H,3-6,16H2,(H,17,20)/t8-/m0/s1. The van der Waals surface area contributed by atoms with E-state index in [-0.39, 0.29) is 43.6 Å². The summed E-state index contributed by atoms with van der Waals surface area (Å²) in [6.45, 7) is 0.0969. The zero-order valence-electron chi connectivity index (χ0n) is 11.5. The van der Waals surface area contributed by atoms with Gasteiger partial charge in [0.25, 0.3) is 0 Å². The van der Waals surface area contributed by atoms with Crippen LogP contribution in [0.2, 0.25) is 0 Å². The summed E-state index contributed by atoms with van der Waals surface area (Å²) in [7, 11) is 0. The van der Waals surface area contributed by atoms with E-state index in [1.165, 1.54) is 4.90 Å². The lowest BCUT2D eigenvalue weighted by atomic mass is 10.2. The van der Waals surface area contributed by atoms with Crippen molar-refractivity contribution < 1.29 is 23.1 Å². The highest BCUT2D eigenvalue weighted by molar-refractivity contribution is 5.91. The molecule has 2 amide bonds. The van der Waals surface area contributed by atoms with Gasteiger partial charge in [-0.3, -0.25) is 9.69 Å². The molecule has 0 bridgehead atoms. The Morgan fingerprint density at radius 1 is 1.32 bits per heavy atom. The van der Waals surface area contributed by atoms with Gasteiger partial charge in [0, 0.05) is 18.7 Å². The van der Waals surface area contributed by atoms with Gasteiger partial charge in [-0.2, -0.15) is 0 Å². The largest absolute Gasteiger partial charge is 0.447 e. The zero-order valence-corrected chi connectivity index (χ0v) is 11.5. The van der Waals surface area contributed by atoms with Crippen molar-refractivity contribution in [3.63, 3.8) is 0 Å². The first-order valence-electron chi connectivity index (χ1n) is 6.68. The number of hydrogen-bond donors (Lipinski definition) is 2. The molecule has 1 aromatic rings. The Labute approximate surface area is 124 Å². The average Bonchev–Trinajstić information content (AvgIpc) is 3.04. The molecule has 2 fully saturated rings. The van der Waals surface area contributed by atoms with Crippen LogP contribution in [0.1, 0.15) is 0 Å². The van der Waals surface area contributed by atoms with Crippen LogP contribution in [-0.2, 0) is 9.53 Å². The Bertz CT molecular complexity index is 617. The molecule has 2 aliphatic heterocycles. The van der Waals surface area contributed by atoms with E-state index < -0.39 is 23.8 Å². The number of rotatable bonds is 3. The number of halogens is 2. The monoisotopic (exact) mass is 312 g/mol. The normalized spacial score (nSPS) is 21.3. The smallest absolute Gasteiger partial charge is 0.414 e. The minimum atomic E-state index is -0.859. The van der Waals surface area contributed by atoms with Crippen LogP contribution in [0.5, 0.6) is 0 Å². The summed E-state index contributed by atoms with van der Waals surface area (Å²) in [5.41, 5.74) is 5.26. The van der Waals surface area contributed by atoms with E-state index in [2.05, 4.69) is 5.32 Å². The molecule has 0 unspecified atom stereocenters. The van der Waals surface area contributed by atoms with Gasteiger partial charge in [-0.25, -0.2) is 13.6 Å². The van der Waals surface area contributed by atoms with Gasteiger partial charge in [-0.15, -0.1) is 0 Å². The maximum Gasteiger partial charge on any atom is 0.414 e. The summed E-state index contributed by atoms with van der Waals surface area (Å²) < 4.78 is 33.4. The second kappa shape index (κ2) is 5.41. The fourth-order valence-corrected chi connectivity index (χ4v) is 2.57. The summed E-state index contributed by atoms with van der Waals surface area (Å²) in [4.78, 5) is 25.2. The molecule has 0 aromatic heterocycles. The number of nitrogens with one attached hydrogen (secondary N) is 1. The number of anilines is 2. The number of carbonyl (C=O) groups is 2. The fraction of sp³-hybridized carbons (Fsp3) is 0.385. The molecule has 7 nitrogen and oxygen atoms in total. The van der Waals surface area contributed by atoms with E-state index >= 15 is 0 Å². The van der Waals surface area contributed by atoms with E-state index in [4.69, 9.17) is 10.5 Å². The van der Waals surface area contributed by atoms with Gasteiger partial charge < -0.3 is 20.7 Å². The Hall–Kier alpha value is -2.42. The predicted molar refractivity (Wildman–Crippen MR) is 73.4 cm³/mol. The van der Waals surface area contributed by atoms with Crippen molar-refractivity contribution in [3.05, 3.63) is 23.8 Å². The minimum Gasteiger partial charge on any atom is -0.447 e. The summed E-state index contributed by atoms with van der Waals surface area (Å²) in [6.07, 6.45) is -0.694. The molecule has 0 aliphatic carbocycles. The van der Waals surface area contributed by atoms with Crippen molar-refractivity contribution in [1.82, 2.24) is 5.32 Å². The Morgan fingerprint density at radius 2 is 2.00 bits per heavy atom. The van der Waals surface area contributed by atoms with Crippen molar-refractivity contribution in [3.8, 4) is 0 Å². The van der Waals surface area contributed by atoms with Gasteiger partial charge in [-0.1, -0.05) is 0 Å². The van der Waals surface area contributed by atoms with E-state index in [1.807, 2.05) is 0 Å². The van der Waals surface area contributed by atoms with Crippen LogP contribution >= 0.6 is 0 Å². The quantitative estimate of drug-likeness (QED) is 0.829. The van der Waals surface area contributed by atoms with Crippen molar-refractivity contribution in [1.29, 1.82) is 0 Å². The van der Waals surface area contributed by atoms with Crippen LogP contribution in [0.25, 0.3) is 0 Å². The summed E-state index contributed by atoms with van der Waals surface area (Å²) >= 11 is 0. The third-order valence-electron chi connectivity index (χ3n) is 3.63. The van der Waals surface area contributed by atoms with Gasteiger partial charge in [0.15, 0.2) is 11.6 Å². The molecule has 0 radical (unpaired) electrons. The van der Waals surface area contributed by atoms with Crippen LogP contribution in [0.3, 0.4) is 0 Å². The minimum absolute atomic E-state index is 0.0310. The Kier molecular flexibility index (Phi) is 3.57. The molecular formula is C13H14F2N4O3. The number of hydrogen-bond acceptors (Lipinski definition) is 5. The predicted octanol–water partition coefficient (Wildman–Crippen LogP) is 0.142. The lowest BCUT2D eigenvalue weighted by Gasteiger charge is -2.23. The second-order valence-corrected chi connectivity index (χ2v) is 5.05. The lowest BCUT2D eigenvalue weighted by Crippen LogP contribution is -2.39. The highest BCUT2D eigenvalue weighted by Crippen LogP contribution is 2.31. The topological polar surface area (TPSA) is 87.9 Å². The molecule has 1 atom stereocenters. The molecule has 2 heterocycles. The maximum absolute atomic E-state index is 14.3. The average molecular weight is 312 g/mol. The van der Waals surface area contributed by atoms with Crippen LogP contribution in [0.15, 0.2) is 12.1 Å². The van der Waals surface area contributed by atoms with Gasteiger partial charge in [0.05, 0.1) is 24.9 Å². The molecule has 22 heavy (non-hydrogen) atoms. The number of nitrogens with zero attached hydrogens (tertiary/aromatic N) is 2. The van der Waals surface area contributed by atoms with Crippen LogP contribution < -0.4 is 20.9 Å². The Balaban J connectivity index is 1.95. The third-order valence-corrected chi connectivity index (χ3v) is 3.63. The summed E-state index contributed by atoms with van der Waals surface area (Å²) in [6, 6.07) is 1.61. The van der Waals surface area contributed by atoms with Crippen molar-refractivity contribution in [2.45, 2.75) is 6.04 Å². The van der Waals surface area contributed by atoms with Crippen molar-refractivity contribution in [2.75, 3.05) is 36.2 Å². The van der Waals surface area contributed by atoms with E-state index in [1.54, 1.807) is 0 Å². The SMILES string of the molecule is NC[C@H]1COC(=O)N1c1cc(F)c(N2CNC(=O)C2)c(F)c1. The molecule has 3 rings (SSSR count). The van der Waals surface area contributed by atoms with Gasteiger partial charge >= 0.3 is 6.09 Å². The Morgan fingerprint density at radius 3 is 2.55 bits per heavy atom. The van der Waals surface area contributed by atoms with Gasteiger partial charge in [0.2, 0.25) is 5.91 Å². The number of cyclic esters (lactones) is 1. The van der Waals surface area contributed by atoms with Crippen molar-refractivity contribution in [2.24, 2.45) is 5.73 Å². The first-order valence-corrected chi connectivity index (χ1v) is 6.68. The van der Waals surface area contributed by atoms with E-state index in [0.717, 1.165) is 17.0 Å². The highest BCUT2D eigenvalue weighted by atomic mass is 19.1. The number of ether oxygens (including phenoxy) is 1. The van der Waals surface area contributed by atoms with Gasteiger partial charge in [-0.05, 0) is 0 Å². The summed E-state index contributed by atoms with van der Waals surface area (Å²) in [5.74, 6) is -2.03. The van der Waals surface area contributed by atoms with Gasteiger partial charge in [0.1, 0.15) is 12.3 Å². The van der Waals surface area contributed by atoms with Crippen LogP contribution in [0.4, 0.5) is 25.0 Å². The first kappa shape index (κ1) is 14.5.